The van der Waals surface area contributed by atoms with Crippen LogP contribution in [0.15, 0.2) is 18.2 Å². The Kier molecular flexibility index (Phi) is 6.71. The van der Waals surface area contributed by atoms with Crippen LogP contribution in [-0.2, 0) is 9.53 Å². The van der Waals surface area contributed by atoms with Crippen molar-refractivity contribution >= 4 is 29.4 Å². The maximum Gasteiger partial charge on any atom is 0.408 e. The molecule has 24 heavy (non-hydrogen) atoms. The van der Waals surface area contributed by atoms with Crippen LogP contribution in [0.25, 0.3) is 0 Å². The number of nitrogens with one attached hydrogen (secondary N) is 1. The predicted octanol–water partition coefficient (Wildman–Crippen LogP) is 3.42. The topological polar surface area (TPSA) is 92.7 Å². The van der Waals surface area contributed by atoms with Crippen molar-refractivity contribution in [3.05, 3.63) is 34.6 Å². The van der Waals surface area contributed by atoms with Crippen LogP contribution < -0.4 is 5.32 Å². The van der Waals surface area contributed by atoms with E-state index in [1.165, 1.54) is 12.1 Å². The Bertz CT molecular complexity index is 642. The standard InChI is InChI=1S/C16H19ClFNO5/c1-16(2,3)24-15(23)19-12(14(21)22)6-7-13(20)9-4-5-11(18)10(17)8-9/h4-5,8,12H,6-7H2,1-3H3,(H,19,23)(H,21,22)/t12-/m1/s1. The van der Waals surface area contributed by atoms with E-state index in [0.717, 1.165) is 6.07 Å². The van der Waals surface area contributed by atoms with E-state index in [2.05, 4.69) is 5.32 Å². The molecule has 0 saturated carbocycles. The minimum absolute atomic E-state index is 0.137. The van der Waals surface area contributed by atoms with Gasteiger partial charge in [-0.3, -0.25) is 4.79 Å². The molecule has 0 aromatic heterocycles. The molecule has 132 valence electrons. The van der Waals surface area contributed by atoms with E-state index in [4.69, 9.17) is 21.4 Å². The second-order valence-corrected chi connectivity index (χ2v) is 6.53. The highest BCUT2D eigenvalue weighted by Gasteiger charge is 2.24. The van der Waals surface area contributed by atoms with Gasteiger partial charge in [0.05, 0.1) is 5.02 Å². The molecule has 0 saturated heterocycles. The Hall–Kier alpha value is -2.15. The number of amides is 1. The minimum Gasteiger partial charge on any atom is -0.480 e. The highest BCUT2D eigenvalue weighted by atomic mass is 35.5. The number of benzene rings is 1. The fraction of sp³-hybridized carbons (Fsp3) is 0.438. The molecular formula is C16H19ClFNO5. The number of hydrogen-bond acceptors (Lipinski definition) is 4. The van der Waals surface area contributed by atoms with Gasteiger partial charge in [-0.2, -0.15) is 0 Å². The lowest BCUT2D eigenvalue weighted by Crippen LogP contribution is -2.43. The predicted molar refractivity (Wildman–Crippen MR) is 85.8 cm³/mol. The molecule has 0 fully saturated rings. The second-order valence-electron chi connectivity index (χ2n) is 6.13. The van der Waals surface area contributed by atoms with Gasteiger partial charge in [0.1, 0.15) is 17.5 Å². The fourth-order valence-electron chi connectivity index (χ4n) is 1.80. The van der Waals surface area contributed by atoms with E-state index in [9.17, 15) is 18.8 Å². The first-order valence-electron chi connectivity index (χ1n) is 7.20. The summed E-state index contributed by atoms with van der Waals surface area (Å²) in [5, 5.41) is 11.1. The van der Waals surface area contributed by atoms with Crippen LogP contribution in [0, 0.1) is 5.82 Å². The Morgan fingerprint density at radius 2 is 1.96 bits per heavy atom. The summed E-state index contributed by atoms with van der Waals surface area (Å²) in [6.07, 6.45) is -1.18. The molecule has 0 aliphatic carbocycles. The van der Waals surface area contributed by atoms with Crippen LogP contribution >= 0.6 is 11.6 Å². The van der Waals surface area contributed by atoms with Gasteiger partial charge in [-0.05, 0) is 45.4 Å². The Morgan fingerprint density at radius 3 is 2.46 bits per heavy atom. The molecule has 1 aromatic rings. The first kappa shape index (κ1) is 19.9. The molecule has 0 radical (unpaired) electrons. The largest absolute Gasteiger partial charge is 0.480 e. The summed E-state index contributed by atoms with van der Waals surface area (Å²) in [7, 11) is 0. The number of hydrogen-bond donors (Lipinski definition) is 2. The third kappa shape index (κ3) is 6.54. The van der Waals surface area contributed by atoms with E-state index in [1.54, 1.807) is 20.8 Å². The van der Waals surface area contributed by atoms with Crippen LogP contribution in [0.1, 0.15) is 44.0 Å². The highest BCUT2D eigenvalue weighted by molar-refractivity contribution is 6.31. The monoisotopic (exact) mass is 359 g/mol. The van der Waals surface area contributed by atoms with Gasteiger partial charge < -0.3 is 15.2 Å². The van der Waals surface area contributed by atoms with Crippen molar-refractivity contribution in [1.82, 2.24) is 5.32 Å². The van der Waals surface area contributed by atoms with Crippen molar-refractivity contribution in [2.24, 2.45) is 0 Å². The zero-order valence-electron chi connectivity index (χ0n) is 13.6. The number of ether oxygens (including phenoxy) is 1. The molecule has 1 amide bonds. The van der Waals surface area contributed by atoms with Gasteiger partial charge >= 0.3 is 12.1 Å². The van der Waals surface area contributed by atoms with Crippen molar-refractivity contribution in [1.29, 1.82) is 0 Å². The van der Waals surface area contributed by atoms with Crippen LogP contribution in [-0.4, -0.2) is 34.6 Å². The third-order valence-corrected chi connectivity index (χ3v) is 3.18. The lowest BCUT2D eigenvalue weighted by atomic mass is 10.0. The molecule has 6 nitrogen and oxygen atoms in total. The van der Waals surface area contributed by atoms with Gasteiger partial charge in [0.15, 0.2) is 5.78 Å². The first-order valence-corrected chi connectivity index (χ1v) is 7.58. The van der Waals surface area contributed by atoms with E-state index in [0.29, 0.717) is 0 Å². The number of carbonyl (C=O) groups is 3. The smallest absolute Gasteiger partial charge is 0.408 e. The minimum atomic E-state index is -1.29. The van der Waals surface area contributed by atoms with Crippen molar-refractivity contribution in [2.75, 3.05) is 0 Å². The number of carboxylic acid groups (broad SMARTS) is 1. The molecule has 1 aromatic carbocycles. The molecule has 1 atom stereocenters. The van der Waals surface area contributed by atoms with Crippen molar-refractivity contribution < 1.29 is 28.6 Å². The molecule has 0 spiro atoms. The second kappa shape index (κ2) is 8.10. The van der Waals surface area contributed by atoms with E-state index in [1.807, 2.05) is 0 Å². The molecule has 0 aliphatic rings. The number of rotatable bonds is 6. The van der Waals surface area contributed by atoms with E-state index < -0.39 is 35.3 Å². The number of Topliss-reactive ketones (excluding diaryl/α,β-unsaturated/α-hetero) is 1. The third-order valence-electron chi connectivity index (χ3n) is 2.89. The quantitative estimate of drug-likeness (QED) is 0.759. The highest BCUT2D eigenvalue weighted by Crippen LogP contribution is 2.18. The zero-order valence-corrected chi connectivity index (χ0v) is 14.3. The Morgan fingerprint density at radius 1 is 1.33 bits per heavy atom. The molecule has 0 heterocycles. The summed E-state index contributed by atoms with van der Waals surface area (Å²) in [6.45, 7) is 4.93. The zero-order chi connectivity index (χ0) is 18.5. The van der Waals surface area contributed by atoms with Crippen LogP contribution in [0.2, 0.25) is 5.02 Å². The Labute approximate surface area is 143 Å². The molecule has 0 aliphatic heterocycles. The number of carbonyl (C=O) groups excluding carboxylic acids is 2. The van der Waals surface area contributed by atoms with Gasteiger partial charge in [-0.15, -0.1) is 0 Å². The van der Waals surface area contributed by atoms with Crippen LogP contribution in [0.3, 0.4) is 0 Å². The number of halogens is 2. The summed E-state index contributed by atoms with van der Waals surface area (Å²) in [5.41, 5.74) is -0.601. The van der Waals surface area contributed by atoms with Gasteiger partial charge in [-0.1, -0.05) is 11.6 Å². The van der Waals surface area contributed by atoms with Crippen LogP contribution in [0.5, 0.6) is 0 Å². The van der Waals surface area contributed by atoms with Gasteiger partial charge in [0.25, 0.3) is 0 Å². The van der Waals surface area contributed by atoms with Crippen LogP contribution in [0.4, 0.5) is 9.18 Å². The summed E-state index contributed by atoms with van der Waals surface area (Å²) in [6, 6.07) is 2.22. The molecule has 0 bridgehead atoms. The van der Waals surface area contributed by atoms with Crippen molar-refractivity contribution in [3.8, 4) is 0 Å². The molecule has 1 rings (SSSR count). The number of ketones is 1. The maximum absolute atomic E-state index is 13.1. The molecule has 0 unspecified atom stereocenters. The SMILES string of the molecule is CC(C)(C)OC(=O)N[C@H](CCC(=O)c1ccc(F)c(Cl)c1)C(=O)O. The van der Waals surface area contributed by atoms with Gasteiger partial charge in [0.2, 0.25) is 0 Å². The normalized spacial score (nSPS) is 12.4. The summed E-state index contributed by atoms with van der Waals surface area (Å²) in [4.78, 5) is 34.9. The van der Waals surface area contributed by atoms with Crippen molar-refractivity contribution in [3.63, 3.8) is 0 Å². The molecule has 2 N–H and O–H groups in total. The average Bonchev–Trinajstić information content (AvgIpc) is 2.43. The van der Waals surface area contributed by atoms with Gasteiger partial charge in [0, 0.05) is 12.0 Å². The molecular weight excluding hydrogens is 341 g/mol. The fourth-order valence-corrected chi connectivity index (χ4v) is 1.98. The lowest BCUT2D eigenvalue weighted by Gasteiger charge is -2.21. The number of aliphatic carboxylic acids is 1. The summed E-state index contributed by atoms with van der Waals surface area (Å²) < 4.78 is 18.1. The van der Waals surface area contributed by atoms with E-state index in [-0.39, 0.29) is 23.4 Å². The Balaban J connectivity index is 2.66. The number of alkyl carbamates (subject to hydrolysis) is 1. The lowest BCUT2D eigenvalue weighted by molar-refractivity contribution is -0.139. The summed E-state index contributed by atoms with van der Waals surface area (Å²) in [5.74, 6) is -2.34. The first-order chi connectivity index (χ1) is 11.0. The van der Waals surface area contributed by atoms with Gasteiger partial charge in [-0.25, -0.2) is 14.0 Å². The average molecular weight is 360 g/mol. The number of carboxylic acids is 1. The summed E-state index contributed by atoms with van der Waals surface area (Å²) >= 11 is 5.61. The molecule has 8 heteroatoms. The van der Waals surface area contributed by atoms with E-state index >= 15 is 0 Å². The van der Waals surface area contributed by atoms with Crippen molar-refractivity contribution in [2.45, 2.75) is 45.3 Å². The maximum atomic E-state index is 13.1.